The van der Waals surface area contributed by atoms with Crippen LogP contribution in [0.5, 0.6) is 0 Å². The van der Waals surface area contributed by atoms with Gasteiger partial charge in [-0.1, -0.05) is 18.2 Å². The Kier molecular flexibility index (Phi) is 5.31. The number of para-hydroxylation sites is 1. The van der Waals surface area contributed by atoms with E-state index in [4.69, 9.17) is 0 Å². The molecule has 6 nitrogen and oxygen atoms in total. The van der Waals surface area contributed by atoms with Gasteiger partial charge >= 0.3 is 0 Å². The summed E-state index contributed by atoms with van der Waals surface area (Å²) in [6, 6.07) is 17.7. The van der Waals surface area contributed by atoms with E-state index in [2.05, 4.69) is 21.2 Å². The fourth-order valence-corrected chi connectivity index (χ4v) is 3.76. The minimum absolute atomic E-state index is 0.0616. The number of hydrogen-bond donors (Lipinski definition) is 1. The summed E-state index contributed by atoms with van der Waals surface area (Å²) in [7, 11) is 0. The molecule has 0 unspecified atom stereocenters. The standard InChI is InChI=1S/C22H18BrN3O3/c23-17-7-10-21(28)25(13-17)14-20(27)24-18-8-5-16(6-9-18)22(29)26-12-11-15-3-1-2-4-19(15)26/h1-10,13H,11-12,14H2,(H,24,27). The number of hydrogen-bond acceptors (Lipinski definition) is 3. The molecule has 0 saturated carbocycles. The lowest BCUT2D eigenvalue weighted by Crippen LogP contribution is -2.29. The van der Waals surface area contributed by atoms with Gasteiger partial charge in [0, 0.05) is 40.2 Å². The highest BCUT2D eigenvalue weighted by Crippen LogP contribution is 2.29. The van der Waals surface area contributed by atoms with Crippen LogP contribution in [0.2, 0.25) is 0 Å². The third-order valence-corrected chi connectivity index (χ3v) is 5.28. The van der Waals surface area contributed by atoms with Crippen molar-refractivity contribution in [1.29, 1.82) is 0 Å². The maximum Gasteiger partial charge on any atom is 0.258 e. The van der Waals surface area contributed by atoms with Crippen LogP contribution in [-0.2, 0) is 17.8 Å². The van der Waals surface area contributed by atoms with E-state index in [0.717, 1.165) is 16.6 Å². The van der Waals surface area contributed by atoms with Gasteiger partial charge in [0.25, 0.3) is 11.5 Å². The lowest BCUT2D eigenvalue weighted by molar-refractivity contribution is -0.116. The Bertz CT molecular complexity index is 1140. The molecule has 0 spiro atoms. The predicted molar refractivity (Wildman–Crippen MR) is 115 cm³/mol. The summed E-state index contributed by atoms with van der Waals surface area (Å²) in [6.45, 7) is 0.571. The zero-order valence-electron chi connectivity index (χ0n) is 15.5. The molecule has 146 valence electrons. The SMILES string of the molecule is O=C(Cn1cc(Br)ccc1=O)Nc1ccc(C(=O)N2CCc3ccccc32)cc1. The molecular formula is C22H18BrN3O3. The van der Waals surface area contributed by atoms with Crippen molar-refractivity contribution in [2.75, 3.05) is 16.8 Å². The number of amides is 2. The number of carbonyl (C=O) groups is 2. The van der Waals surface area contributed by atoms with E-state index < -0.39 is 0 Å². The van der Waals surface area contributed by atoms with Crippen molar-refractivity contribution in [2.45, 2.75) is 13.0 Å². The first-order valence-electron chi connectivity index (χ1n) is 9.17. The van der Waals surface area contributed by atoms with Gasteiger partial charge in [-0.2, -0.15) is 0 Å². The Labute approximate surface area is 175 Å². The largest absolute Gasteiger partial charge is 0.325 e. The van der Waals surface area contributed by atoms with Crippen LogP contribution >= 0.6 is 15.9 Å². The van der Waals surface area contributed by atoms with Crippen molar-refractivity contribution in [1.82, 2.24) is 4.57 Å². The van der Waals surface area contributed by atoms with Crippen LogP contribution in [-0.4, -0.2) is 22.9 Å². The van der Waals surface area contributed by atoms with Crippen LogP contribution in [0.15, 0.2) is 76.1 Å². The molecule has 2 amide bonds. The van der Waals surface area contributed by atoms with Gasteiger partial charge < -0.3 is 14.8 Å². The van der Waals surface area contributed by atoms with E-state index in [0.29, 0.717) is 17.8 Å². The zero-order chi connectivity index (χ0) is 20.4. The smallest absolute Gasteiger partial charge is 0.258 e. The minimum atomic E-state index is -0.322. The van der Waals surface area contributed by atoms with Gasteiger partial charge in [0.05, 0.1) is 0 Å². The minimum Gasteiger partial charge on any atom is -0.325 e. The second kappa shape index (κ2) is 8.05. The average molecular weight is 452 g/mol. The fourth-order valence-electron chi connectivity index (χ4n) is 3.38. The van der Waals surface area contributed by atoms with Crippen molar-refractivity contribution >= 4 is 39.1 Å². The average Bonchev–Trinajstić information content (AvgIpc) is 3.15. The van der Waals surface area contributed by atoms with Crippen molar-refractivity contribution in [3.63, 3.8) is 0 Å². The Balaban J connectivity index is 1.43. The molecule has 1 N–H and O–H groups in total. The number of rotatable bonds is 4. The molecule has 1 aliphatic heterocycles. The second-order valence-electron chi connectivity index (χ2n) is 6.77. The Morgan fingerprint density at radius 3 is 2.55 bits per heavy atom. The highest BCUT2D eigenvalue weighted by molar-refractivity contribution is 9.10. The first kappa shape index (κ1) is 19.1. The van der Waals surface area contributed by atoms with E-state index in [1.807, 2.05) is 24.3 Å². The molecule has 7 heteroatoms. The highest BCUT2D eigenvalue weighted by Gasteiger charge is 2.24. The quantitative estimate of drug-likeness (QED) is 0.660. The van der Waals surface area contributed by atoms with Crippen molar-refractivity contribution in [3.05, 3.63) is 92.8 Å². The normalized spacial score (nSPS) is 12.5. The highest BCUT2D eigenvalue weighted by atomic mass is 79.9. The molecule has 0 aliphatic carbocycles. The summed E-state index contributed by atoms with van der Waals surface area (Å²) in [6.07, 6.45) is 2.42. The Morgan fingerprint density at radius 2 is 1.76 bits per heavy atom. The predicted octanol–water partition coefficient (Wildman–Crippen LogP) is 3.45. The van der Waals surface area contributed by atoms with Gasteiger partial charge in [-0.25, -0.2) is 0 Å². The molecule has 2 heterocycles. The van der Waals surface area contributed by atoms with Crippen LogP contribution < -0.4 is 15.8 Å². The molecule has 4 rings (SSSR count). The monoisotopic (exact) mass is 451 g/mol. The second-order valence-corrected chi connectivity index (χ2v) is 7.69. The van der Waals surface area contributed by atoms with Crippen molar-refractivity contribution in [3.8, 4) is 0 Å². The number of pyridine rings is 1. The van der Waals surface area contributed by atoms with E-state index in [-0.39, 0.29) is 23.9 Å². The van der Waals surface area contributed by atoms with E-state index in [1.165, 1.54) is 16.2 Å². The number of nitrogens with one attached hydrogen (secondary N) is 1. The summed E-state index contributed by atoms with van der Waals surface area (Å²) >= 11 is 3.29. The van der Waals surface area contributed by atoms with Gasteiger partial charge in [-0.15, -0.1) is 0 Å². The van der Waals surface area contributed by atoms with Crippen molar-refractivity contribution in [2.24, 2.45) is 0 Å². The van der Waals surface area contributed by atoms with Crippen LogP contribution in [0.1, 0.15) is 15.9 Å². The maximum absolute atomic E-state index is 12.8. The molecule has 0 saturated heterocycles. The van der Waals surface area contributed by atoms with E-state index in [1.54, 1.807) is 41.4 Å². The third-order valence-electron chi connectivity index (χ3n) is 4.81. The molecule has 0 fully saturated rings. The van der Waals surface area contributed by atoms with Gasteiger partial charge in [-0.05, 0) is 64.3 Å². The van der Waals surface area contributed by atoms with Crippen LogP contribution in [0.4, 0.5) is 11.4 Å². The van der Waals surface area contributed by atoms with Gasteiger partial charge in [-0.3, -0.25) is 14.4 Å². The van der Waals surface area contributed by atoms with Gasteiger partial charge in [0.1, 0.15) is 6.54 Å². The molecule has 1 aromatic heterocycles. The molecular weight excluding hydrogens is 434 g/mol. The number of carbonyl (C=O) groups excluding carboxylic acids is 2. The number of halogens is 1. The van der Waals surface area contributed by atoms with Gasteiger partial charge in [0.15, 0.2) is 0 Å². The first-order valence-corrected chi connectivity index (χ1v) is 9.96. The molecule has 29 heavy (non-hydrogen) atoms. The molecule has 0 bridgehead atoms. The molecule has 1 aliphatic rings. The number of nitrogens with zero attached hydrogens (tertiary/aromatic N) is 2. The number of anilines is 2. The summed E-state index contributed by atoms with van der Waals surface area (Å²) < 4.78 is 2.04. The van der Waals surface area contributed by atoms with Crippen LogP contribution in [0.3, 0.4) is 0 Å². The number of fused-ring (bicyclic) bond motifs is 1. The maximum atomic E-state index is 12.8. The van der Waals surface area contributed by atoms with E-state index in [9.17, 15) is 14.4 Å². The first-order chi connectivity index (χ1) is 14.0. The Morgan fingerprint density at radius 1 is 1.00 bits per heavy atom. The number of benzene rings is 2. The molecule has 3 aromatic rings. The van der Waals surface area contributed by atoms with Crippen LogP contribution in [0, 0.1) is 0 Å². The summed E-state index contributed by atoms with van der Waals surface area (Å²) in [5.41, 5.74) is 3.00. The molecule has 0 atom stereocenters. The third kappa shape index (κ3) is 4.14. The topological polar surface area (TPSA) is 71.4 Å². The summed E-state index contributed by atoms with van der Waals surface area (Å²) in [5.74, 6) is -0.383. The lowest BCUT2D eigenvalue weighted by Gasteiger charge is -2.17. The van der Waals surface area contributed by atoms with E-state index >= 15 is 0 Å². The van der Waals surface area contributed by atoms with Crippen LogP contribution in [0.25, 0.3) is 0 Å². The lowest BCUT2D eigenvalue weighted by atomic mass is 10.1. The zero-order valence-corrected chi connectivity index (χ0v) is 17.1. The molecule has 0 radical (unpaired) electrons. The Hall–Kier alpha value is -3.19. The van der Waals surface area contributed by atoms with Crippen molar-refractivity contribution < 1.29 is 9.59 Å². The number of aromatic nitrogens is 1. The summed E-state index contributed by atoms with van der Waals surface area (Å²) in [4.78, 5) is 38.7. The fraction of sp³-hybridized carbons (Fsp3) is 0.136. The van der Waals surface area contributed by atoms with Gasteiger partial charge in [0.2, 0.25) is 5.91 Å². The molecule has 2 aromatic carbocycles. The summed E-state index contributed by atoms with van der Waals surface area (Å²) in [5, 5.41) is 2.75.